The fourth-order valence-electron chi connectivity index (χ4n) is 3.93. The van der Waals surface area contributed by atoms with Gasteiger partial charge in [0, 0.05) is 25.7 Å². The smallest absolute Gasteiger partial charge is 0.320 e. The van der Waals surface area contributed by atoms with Gasteiger partial charge in [-0.3, -0.25) is 9.69 Å². The molecule has 3 unspecified atom stereocenters. The standard InChI is InChI=1S/C17H24N2O2/c1-12(17(20)21)18-16-8-7-14-10-19(11-15(14)16)9-13-5-3-2-4-6-13/h2-6,12,14-16,18H,7-11H2,1H3,(H,20,21)/t12-,14?,15?,16?/m0/s1. The summed E-state index contributed by atoms with van der Waals surface area (Å²) in [6.45, 7) is 4.99. The van der Waals surface area contributed by atoms with Gasteiger partial charge in [0.2, 0.25) is 0 Å². The second kappa shape index (κ2) is 6.16. The number of carbonyl (C=O) groups is 1. The number of hydrogen-bond donors (Lipinski definition) is 2. The van der Waals surface area contributed by atoms with Crippen LogP contribution in [0.25, 0.3) is 0 Å². The third-order valence-electron chi connectivity index (χ3n) is 5.02. The summed E-state index contributed by atoms with van der Waals surface area (Å²) in [5.74, 6) is 0.584. The third kappa shape index (κ3) is 3.27. The van der Waals surface area contributed by atoms with Crippen LogP contribution >= 0.6 is 0 Å². The molecule has 4 heteroatoms. The molecule has 1 saturated carbocycles. The molecule has 1 aromatic carbocycles. The van der Waals surface area contributed by atoms with E-state index < -0.39 is 12.0 Å². The van der Waals surface area contributed by atoms with Crippen LogP contribution in [0.1, 0.15) is 25.3 Å². The van der Waals surface area contributed by atoms with Gasteiger partial charge >= 0.3 is 5.97 Å². The molecule has 114 valence electrons. The van der Waals surface area contributed by atoms with E-state index in [4.69, 9.17) is 5.11 Å². The number of fused-ring (bicyclic) bond motifs is 1. The molecule has 1 heterocycles. The van der Waals surface area contributed by atoms with Gasteiger partial charge in [0.1, 0.15) is 6.04 Å². The number of benzene rings is 1. The predicted molar refractivity (Wildman–Crippen MR) is 82.0 cm³/mol. The first-order valence-corrected chi connectivity index (χ1v) is 7.88. The molecule has 4 atom stereocenters. The van der Waals surface area contributed by atoms with Crippen molar-refractivity contribution in [3.8, 4) is 0 Å². The molecule has 1 saturated heterocycles. The van der Waals surface area contributed by atoms with E-state index in [1.165, 1.54) is 12.0 Å². The molecular weight excluding hydrogens is 264 g/mol. The molecule has 2 aliphatic rings. The zero-order valence-electron chi connectivity index (χ0n) is 12.5. The van der Waals surface area contributed by atoms with E-state index in [0.29, 0.717) is 12.0 Å². The molecule has 0 spiro atoms. The molecule has 1 aliphatic carbocycles. The highest BCUT2D eigenvalue weighted by Gasteiger charge is 2.42. The zero-order valence-corrected chi connectivity index (χ0v) is 12.5. The van der Waals surface area contributed by atoms with Gasteiger partial charge in [-0.1, -0.05) is 30.3 Å². The molecule has 2 N–H and O–H groups in total. The maximum Gasteiger partial charge on any atom is 0.320 e. The zero-order chi connectivity index (χ0) is 14.8. The van der Waals surface area contributed by atoms with Crippen molar-refractivity contribution in [2.45, 2.75) is 38.4 Å². The molecule has 0 bridgehead atoms. The first-order chi connectivity index (χ1) is 10.1. The Morgan fingerprint density at radius 1 is 1.33 bits per heavy atom. The van der Waals surface area contributed by atoms with Crippen LogP contribution in [0.15, 0.2) is 30.3 Å². The molecule has 0 amide bonds. The van der Waals surface area contributed by atoms with Crippen molar-refractivity contribution in [1.29, 1.82) is 0 Å². The van der Waals surface area contributed by atoms with E-state index in [2.05, 4.69) is 40.5 Å². The van der Waals surface area contributed by atoms with Crippen molar-refractivity contribution in [3.05, 3.63) is 35.9 Å². The number of carboxylic acids is 1. The van der Waals surface area contributed by atoms with Crippen LogP contribution in [0, 0.1) is 11.8 Å². The molecule has 21 heavy (non-hydrogen) atoms. The maximum atomic E-state index is 11.0. The Bertz CT molecular complexity index is 491. The highest BCUT2D eigenvalue weighted by atomic mass is 16.4. The first kappa shape index (κ1) is 14.5. The molecule has 1 aliphatic heterocycles. The average molecular weight is 288 g/mol. The van der Waals surface area contributed by atoms with Crippen molar-refractivity contribution in [2.24, 2.45) is 11.8 Å². The van der Waals surface area contributed by atoms with E-state index in [9.17, 15) is 4.79 Å². The SMILES string of the molecule is C[C@H](NC1CCC2CN(Cc3ccccc3)CC21)C(=O)O. The Morgan fingerprint density at radius 2 is 2.10 bits per heavy atom. The fraction of sp³-hybridized carbons (Fsp3) is 0.588. The Labute approximate surface area is 126 Å². The Morgan fingerprint density at radius 3 is 2.81 bits per heavy atom. The summed E-state index contributed by atoms with van der Waals surface area (Å²) in [6.07, 6.45) is 2.34. The number of rotatable bonds is 5. The number of likely N-dealkylation sites (tertiary alicyclic amines) is 1. The molecule has 4 nitrogen and oxygen atoms in total. The lowest BCUT2D eigenvalue weighted by atomic mass is 9.97. The second-order valence-corrected chi connectivity index (χ2v) is 6.51. The van der Waals surface area contributed by atoms with E-state index in [-0.39, 0.29) is 0 Å². The van der Waals surface area contributed by atoms with Gasteiger partial charge < -0.3 is 10.4 Å². The molecular formula is C17H24N2O2. The quantitative estimate of drug-likeness (QED) is 0.869. The van der Waals surface area contributed by atoms with Crippen LogP contribution in [-0.2, 0) is 11.3 Å². The minimum absolute atomic E-state index is 0.363. The summed E-state index contributed by atoms with van der Waals surface area (Å²) in [4.78, 5) is 13.5. The van der Waals surface area contributed by atoms with Crippen molar-refractivity contribution in [2.75, 3.05) is 13.1 Å². The Balaban J connectivity index is 1.57. The summed E-state index contributed by atoms with van der Waals surface area (Å²) < 4.78 is 0. The Kier molecular flexibility index (Phi) is 4.27. The summed E-state index contributed by atoms with van der Waals surface area (Å²) in [5.41, 5.74) is 1.36. The van der Waals surface area contributed by atoms with Crippen LogP contribution in [0.5, 0.6) is 0 Å². The predicted octanol–water partition coefficient (Wildman–Crippen LogP) is 1.96. The van der Waals surface area contributed by atoms with E-state index in [0.717, 1.165) is 32.0 Å². The summed E-state index contributed by atoms with van der Waals surface area (Å²) in [5, 5.41) is 12.4. The minimum atomic E-state index is -0.752. The topological polar surface area (TPSA) is 52.6 Å². The van der Waals surface area contributed by atoms with Gasteiger partial charge in [0.05, 0.1) is 0 Å². The fourth-order valence-corrected chi connectivity index (χ4v) is 3.93. The lowest BCUT2D eigenvalue weighted by Crippen LogP contribution is -2.44. The number of aliphatic carboxylic acids is 1. The van der Waals surface area contributed by atoms with Crippen molar-refractivity contribution < 1.29 is 9.90 Å². The van der Waals surface area contributed by atoms with Gasteiger partial charge in [-0.25, -0.2) is 0 Å². The maximum absolute atomic E-state index is 11.0. The minimum Gasteiger partial charge on any atom is -0.480 e. The van der Waals surface area contributed by atoms with Crippen LogP contribution < -0.4 is 5.32 Å². The van der Waals surface area contributed by atoms with E-state index >= 15 is 0 Å². The highest BCUT2D eigenvalue weighted by molar-refractivity contribution is 5.72. The number of carboxylic acid groups (broad SMARTS) is 1. The van der Waals surface area contributed by atoms with Gasteiger partial charge in [0.25, 0.3) is 0 Å². The van der Waals surface area contributed by atoms with Gasteiger partial charge in [-0.05, 0) is 37.2 Å². The molecule has 1 aromatic rings. The largest absolute Gasteiger partial charge is 0.480 e. The van der Waals surface area contributed by atoms with E-state index in [1.54, 1.807) is 6.92 Å². The summed E-state index contributed by atoms with van der Waals surface area (Å²) in [7, 11) is 0. The summed E-state index contributed by atoms with van der Waals surface area (Å²) >= 11 is 0. The third-order valence-corrected chi connectivity index (χ3v) is 5.02. The second-order valence-electron chi connectivity index (χ2n) is 6.51. The molecule has 0 aromatic heterocycles. The number of nitrogens with one attached hydrogen (secondary N) is 1. The number of nitrogens with zero attached hydrogens (tertiary/aromatic N) is 1. The van der Waals surface area contributed by atoms with Crippen LogP contribution in [-0.4, -0.2) is 41.1 Å². The van der Waals surface area contributed by atoms with Crippen LogP contribution in [0.4, 0.5) is 0 Å². The van der Waals surface area contributed by atoms with Crippen LogP contribution in [0.3, 0.4) is 0 Å². The lowest BCUT2D eigenvalue weighted by Gasteiger charge is -2.23. The number of hydrogen-bond acceptors (Lipinski definition) is 3. The summed E-state index contributed by atoms with van der Waals surface area (Å²) in [6, 6.07) is 10.5. The van der Waals surface area contributed by atoms with E-state index in [1.807, 2.05) is 0 Å². The molecule has 3 rings (SSSR count). The molecule has 0 radical (unpaired) electrons. The van der Waals surface area contributed by atoms with Gasteiger partial charge in [-0.15, -0.1) is 0 Å². The molecule has 2 fully saturated rings. The van der Waals surface area contributed by atoms with Gasteiger partial charge in [0.15, 0.2) is 0 Å². The first-order valence-electron chi connectivity index (χ1n) is 7.88. The monoisotopic (exact) mass is 288 g/mol. The van der Waals surface area contributed by atoms with Crippen molar-refractivity contribution >= 4 is 5.97 Å². The van der Waals surface area contributed by atoms with Gasteiger partial charge in [-0.2, -0.15) is 0 Å². The lowest BCUT2D eigenvalue weighted by molar-refractivity contribution is -0.139. The average Bonchev–Trinajstić information content (AvgIpc) is 3.01. The highest BCUT2D eigenvalue weighted by Crippen LogP contribution is 2.38. The Hall–Kier alpha value is -1.39. The van der Waals surface area contributed by atoms with Crippen molar-refractivity contribution in [3.63, 3.8) is 0 Å². The van der Waals surface area contributed by atoms with Crippen LogP contribution in [0.2, 0.25) is 0 Å². The normalized spacial score (nSPS) is 30.2. The van der Waals surface area contributed by atoms with Crippen molar-refractivity contribution in [1.82, 2.24) is 10.2 Å².